The second-order valence-electron chi connectivity index (χ2n) is 4.85. The molecule has 0 saturated heterocycles. The van der Waals surface area contributed by atoms with E-state index < -0.39 is 12.0 Å². The van der Waals surface area contributed by atoms with Crippen molar-refractivity contribution in [2.24, 2.45) is 5.92 Å². The van der Waals surface area contributed by atoms with Crippen LogP contribution in [0.2, 0.25) is 0 Å². The Morgan fingerprint density at radius 3 is 2.65 bits per heavy atom. The first-order valence-electron chi connectivity index (χ1n) is 6.49. The van der Waals surface area contributed by atoms with E-state index in [0.29, 0.717) is 0 Å². The van der Waals surface area contributed by atoms with Gasteiger partial charge in [0, 0.05) is 10.4 Å². The van der Waals surface area contributed by atoms with Gasteiger partial charge in [-0.3, -0.25) is 9.59 Å². The number of allylic oxidation sites excluding steroid dienone is 2. The normalized spacial score (nSPS) is 16.1. The number of hydrogen-bond donors (Lipinski definition) is 2. The number of carbonyl (C=O) groups excluding carboxylic acids is 1. The molecular formula is C15H16BrNO3. The van der Waals surface area contributed by atoms with Crippen LogP contribution in [0.15, 0.2) is 40.9 Å². The summed E-state index contributed by atoms with van der Waals surface area (Å²) >= 11 is 3.36. The second kappa shape index (κ2) is 6.70. The van der Waals surface area contributed by atoms with Crippen LogP contribution in [0.5, 0.6) is 0 Å². The molecule has 1 amide bonds. The molecule has 1 aromatic rings. The van der Waals surface area contributed by atoms with Crippen LogP contribution in [0.3, 0.4) is 0 Å². The molecule has 1 atom stereocenters. The number of rotatable bonds is 5. The van der Waals surface area contributed by atoms with E-state index in [9.17, 15) is 9.59 Å². The fourth-order valence-corrected chi connectivity index (χ4v) is 2.69. The molecule has 106 valence electrons. The van der Waals surface area contributed by atoms with Gasteiger partial charge in [0.2, 0.25) is 5.91 Å². The van der Waals surface area contributed by atoms with Crippen LogP contribution in [0.4, 0.5) is 0 Å². The standard InChI is InChI=1S/C15H16BrNO3/c16-12-7-3-6-11(8-12)13(9-14(18)19)17-15(20)10-4-1-2-5-10/h1-3,6-8,10,13H,4-5,9H2,(H,17,20)(H,18,19)/t13-/m0/s1. The van der Waals surface area contributed by atoms with Gasteiger partial charge in [-0.15, -0.1) is 0 Å². The minimum absolute atomic E-state index is 0.0709. The Balaban J connectivity index is 2.11. The van der Waals surface area contributed by atoms with Gasteiger partial charge in [0.25, 0.3) is 0 Å². The maximum Gasteiger partial charge on any atom is 0.305 e. The third kappa shape index (κ3) is 3.93. The molecule has 2 rings (SSSR count). The number of benzene rings is 1. The average Bonchev–Trinajstić information content (AvgIpc) is 2.91. The predicted molar refractivity (Wildman–Crippen MR) is 79.1 cm³/mol. The van der Waals surface area contributed by atoms with Crippen molar-refractivity contribution < 1.29 is 14.7 Å². The van der Waals surface area contributed by atoms with E-state index in [1.54, 1.807) is 0 Å². The van der Waals surface area contributed by atoms with Gasteiger partial charge in [-0.1, -0.05) is 40.2 Å². The highest BCUT2D eigenvalue weighted by molar-refractivity contribution is 9.10. The lowest BCUT2D eigenvalue weighted by atomic mass is 10.0. The molecular weight excluding hydrogens is 322 g/mol. The predicted octanol–water partition coefficient (Wildman–Crippen LogP) is 3.05. The third-order valence-electron chi connectivity index (χ3n) is 3.32. The first kappa shape index (κ1) is 14.8. The van der Waals surface area contributed by atoms with Crippen molar-refractivity contribution in [1.82, 2.24) is 5.32 Å². The van der Waals surface area contributed by atoms with E-state index in [1.165, 1.54) is 0 Å². The fraction of sp³-hybridized carbons (Fsp3) is 0.333. The van der Waals surface area contributed by atoms with E-state index in [2.05, 4.69) is 21.2 Å². The van der Waals surface area contributed by atoms with Gasteiger partial charge in [0.15, 0.2) is 0 Å². The Morgan fingerprint density at radius 1 is 1.35 bits per heavy atom. The van der Waals surface area contributed by atoms with Gasteiger partial charge in [-0.2, -0.15) is 0 Å². The molecule has 0 bridgehead atoms. The summed E-state index contributed by atoms with van der Waals surface area (Å²) in [6, 6.07) is 6.85. The van der Waals surface area contributed by atoms with Crippen LogP contribution >= 0.6 is 15.9 Å². The number of carboxylic acids is 1. The van der Waals surface area contributed by atoms with Crippen LogP contribution in [-0.2, 0) is 9.59 Å². The Morgan fingerprint density at radius 2 is 2.05 bits per heavy atom. The van der Waals surface area contributed by atoms with Crippen LogP contribution < -0.4 is 5.32 Å². The van der Waals surface area contributed by atoms with Crippen LogP contribution in [0.1, 0.15) is 30.9 Å². The van der Waals surface area contributed by atoms with E-state index in [4.69, 9.17) is 5.11 Å². The van der Waals surface area contributed by atoms with Crippen LogP contribution in [0.25, 0.3) is 0 Å². The van der Waals surface area contributed by atoms with Gasteiger partial charge >= 0.3 is 5.97 Å². The highest BCUT2D eigenvalue weighted by Gasteiger charge is 2.24. The van der Waals surface area contributed by atoms with Crippen molar-refractivity contribution in [2.45, 2.75) is 25.3 Å². The zero-order valence-electron chi connectivity index (χ0n) is 10.9. The third-order valence-corrected chi connectivity index (χ3v) is 3.82. The summed E-state index contributed by atoms with van der Waals surface area (Å²) in [5, 5.41) is 11.9. The Kier molecular flexibility index (Phi) is 4.95. The van der Waals surface area contributed by atoms with Crippen molar-refractivity contribution in [3.8, 4) is 0 Å². The summed E-state index contributed by atoms with van der Waals surface area (Å²) in [5.74, 6) is -1.08. The van der Waals surface area contributed by atoms with Crippen LogP contribution in [-0.4, -0.2) is 17.0 Å². The van der Waals surface area contributed by atoms with Gasteiger partial charge in [-0.25, -0.2) is 0 Å². The molecule has 1 aliphatic rings. The van der Waals surface area contributed by atoms with Crippen molar-refractivity contribution >= 4 is 27.8 Å². The average molecular weight is 338 g/mol. The largest absolute Gasteiger partial charge is 0.481 e. The van der Waals surface area contributed by atoms with Crippen molar-refractivity contribution in [3.05, 3.63) is 46.5 Å². The number of carbonyl (C=O) groups is 2. The highest BCUT2D eigenvalue weighted by Crippen LogP contribution is 2.24. The van der Waals surface area contributed by atoms with Crippen molar-refractivity contribution in [1.29, 1.82) is 0 Å². The number of carboxylic acid groups (broad SMARTS) is 1. The van der Waals surface area contributed by atoms with Gasteiger partial charge in [0.05, 0.1) is 12.5 Å². The quantitative estimate of drug-likeness (QED) is 0.811. The number of aliphatic carboxylic acids is 1. The number of halogens is 1. The summed E-state index contributed by atoms with van der Waals surface area (Å²) in [4.78, 5) is 23.1. The molecule has 0 heterocycles. The SMILES string of the molecule is O=C(O)C[C@H](NC(=O)C1CC=CC1)c1cccc(Br)c1. The fourth-order valence-electron chi connectivity index (χ4n) is 2.27. The Hall–Kier alpha value is -1.62. The maximum atomic E-state index is 12.1. The molecule has 20 heavy (non-hydrogen) atoms. The molecule has 4 nitrogen and oxygen atoms in total. The van der Waals surface area contributed by atoms with Gasteiger partial charge in [-0.05, 0) is 30.5 Å². The van der Waals surface area contributed by atoms with E-state index in [1.807, 2.05) is 36.4 Å². The first-order chi connectivity index (χ1) is 9.56. The summed E-state index contributed by atoms with van der Waals surface area (Å²) < 4.78 is 0.863. The Bertz CT molecular complexity index is 534. The molecule has 2 N–H and O–H groups in total. The van der Waals surface area contributed by atoms with E-state index >= 15 is 0 Å². The molecule has 0 fully saturated rings. The molecule has 0 spiro atoms. The summed E-state index contributed by atoms with van der Waals surface area (Å²) in [6.07, 6.45) is 5.29. The summed E-state index contributed by atoms with van der Waals surface area (Å²) in [7, 11) is 0. The smallest absolute Gasteiger partial charge is 0.305 e. The van der Waals surface area contributed by atoms with Gasteiger partial charge in [0.1, 0.15) is 0 Å². The molecule has 0 unspecified atom stereocenters. The van der Waals surface area contributed by atoms with Gasteiger partial charge < -0.3 is 10.4 Å². The van der Waals surface area contributed by atoms with E-state index in [0.717, 1.165) is 22.9 Å². The topological polar surface area (TPSA) is 66.4 Å². The molecule has 0 aliphatic heterocycles. The first-order valence-corrected chi connectivity index (χ1v) is 7.28. The Labute approximate surface area is 126 Å². The van der Waals surface area contributed by atoms with Crippen molar-refractivity contribution in [3.63, 3.8) is 0 Å². The van der Waals surface area contributed by atoms with Crippen molar-refractivity contribution in [2.75, 3.05) is 0 Å². The molecule has 5 heteroatoms. The molecule has 0 radical (unpaired) electrons. The zero-order chi connectivity index (χ0) is 14.5. The highest BCUT2D eigenvalue weighted by atomic mass is 79.9. The number of nitrogens with one attached hydrogen (secondary N) is 1. The number of amides is 1. The monoisotopic (exact) mass is 337 g/mol. The molecule has 1 aromatic carbocycles. The summed E-state index contributed by atoms with van der Waals surface area (Å²) in [6.45, 7) is 0. The van der Waals surface area contributed by atoms with E-state index in [-0.39, 0.29) is 18.2 Å². The molecule has 0 saturated carbocycles. The maximum absolute atomic E-state index is 12.1. The zero-order valence-corrected chi connectivity index (χ0v) is 12.5. The van der Waals surface area contributed by atoms with Crippen LogP contribution in [0, 0.1) is 5.92 Å². The molecule has 1 aliphatic carbocycles. The minimum atomic E-state index is -0.931. The minimum Gasteiger partial charge on any atom is -0.481 e. The lowest BCUT2D eigenvalue weighted by Gasteiger charge is -2.20. The lowest BCUT2D eigenvalue weighted by Crippen LogP contribution is -2.34. The summed E-state index contributed by atoms with van der Waals surface area (Å²) in [5.41, 5.74) is 0.793. The number of hydrogen-bond acceptors (Lipinski definition) is 2. The molecule has 0 aromatic heterocycles. The lowest BCUT2D eigenvalue weighted by molar-refractivity contribution is -0.137. The second-order valence-corrected chi connectivity index (χ2v) is 5.77.